The second kappa shape index (κ2) is 5.68. The third-order valence-electron chi connectivity index (χ3n) is 4.84. The Kier molecular flexibility index (Phi) is 3.89. The predicted octanol–water partition coefficient (Wildman–Crippen LogP) is 2.76. The van der Waals surface area contributed by atoms with Gasteiger partial charge in [0.2, 0.25) is 0 Å². The molecule has 1 saturated heterocycles. The molecule has 0 saturated carbocycles. The van der Waals surface area contributed by atoms with Crippen molar-refractivity contribution in [2.24, 2.45) is 5.92 Å². The number of aromatic amines is 1. The summed E-state index contributed by atoms with van der Waals surface area (Å²) in [5, 5.41) is 0. The smallest absolute Gasteiger partial charge is 0.305 e. The molecular formula is C17H25N3O. The number of imidazole rings is 1. The summed E-state index contributed by atoms with van der Waals surface area (Å²) < 4.78 is 1.93. The monoisotopic (exact) mass is 287 g/mol. The van der Waals surface area contributed by atoms with E-state index in [1.807, 2.05) is 29.7 Å². The van der Waals surface area contributed by atoms with Crippen LogP contribution in [0.15, 0.2) is 23.0 Å². The summed E-state index contributed by atoms with van der Waals surface area (Å²) in [6.45, 7) is 9.70. The molecule has 2 heterocycles. The number of benzene rings is 1. The molecule has 4 nitrogen and oxygen atoms in total. The number of hydrogen-bond acceptors (Lipinski definition) is 2. The summed E-state index contributed by atoms with van der Waals surface area (Å²) >= 11 is 0. The molecule has 1 aliphatic rings. The average Bonchev–Trinajstić information content (AvgIpc) is 2.78. The van der Waals surface area contributed by atoms with Gasteiger partial charge in [-0.05, 0) is 64.3 Å². The molecule has 0 radical (unpaired) electrons. The predicted molar refractivity (Wildman–Crippen MR) is 86.7 cm³/mol. The van der Waals surface area contributed by atoms with Crippen molar-refractivity contribution in [3.63, 3.8) is 0 Å². The molecule has 1 aliphatic heterocycles. The van der Waals surface area contributed by atoms with E-state index >= 15 is 0 Å². The Morgan fingerprint density at radius 1 is 1.29 bits per heavy atom. The molecule has 4 heteroatoms. The van der Waals surface area contributed by atoms with Crippen molar-refractivity contribution in [1.29, 1.82) is 0 Å². The van der Waals surface area contributed by atoms with Gasteiger partial charge < -0.3 is 9.88 Å². The maximum absolute atomic E-state index is 12.2. The minimum atomic E-state index is 0.0330. The molecule has 2 aromatic rings. The van der Waals surface area contributed by atoms with Crippen molar-refractivity contribution >= 4 is 11.0 Å². The first kappa shape index (κ1) is 14.4. The minimum absolute atomic E-state index is 0.0330. The van der Waals surface area contributed by atoms with Crippen LogP contribution in [0, 0.1) is 12.8 Å². The summed E-state index contributed by atoms with van der Waals surface area (Å²) in [5.41, 5.74) is 3.21. The maximum atomic E-state index is 12.2. The number of aromatic nitrogens is 2. The molecule has 21 heavy (non-hydrogen) atoms. The van der Waals surface area contributed by atoms with Crippen molar-refractivity contribution in [1.82, 2.24) is 14.5 Å². The summed E-state index contributed by atoms with van der Waals surface area (Å²) in [7, 11) is 0. The molecule has 114 valence electrons. The number of H-pyrrole nitrogens is 1. The quantitative estimate of drug-likeness (QED) is 0.943. The van der Waals surface area contributed by atoms with Crippen molar-refractivity contribution < 1.29 is 0 Å². The number of nitrogens with zero attached hydrogens (tertiary/aromatic N) is 2. The van der Waals surface area contributed by atoms with Crippen LogP contribution in [-0.2, 0) is 6.54 Å². The number of piperidine rings is 1. The zero-order chi connectivity index (χ0) is 15.0. The fourth-order valence-corrected chi connectivity index (χ4v) is 3.42. The van der Waals surface area contributed by atoms with Gasteiger partial charge in [0.05, 0.1) is 11.0 Å². The lowest BCUT2D eigenvalue weighted by molar-refractivity contribution is 0.142. The zero-order valence-corrected chi connectivity index (χ0v) is 13.2. The van der Waals surface area contributed by atoms with Crippen LogP contribution in [-0.4, -0.2) is 33.6 Å². The molecule has 1 N–H and O–H groups in total. The van der Waals surface area contributed by atoms with Gasteiger partial charge in [0.1, 0.15) is 0 Å². The first-order valence-electron chi connectivity index (χ1n) is 7.98. The van der Waals surface area contributed by atoms with E-state index in [9.17, 15) is 4.79 Å². The number of rotatable bonds is 3. The third-order valence-corrected chi connectivity index (χ3v) is 4.84. The number of hydrogen-bond donors (Lipinski definition) is 1. The van der Waals surface area contributed by atoms with E-state index in [0.717, 1.165) is 36.2 Å². The summed E-state index contributed by atoms with van der Waals surface area (Å²) in [6.07, 6.45) is 2.37. The molecule has 0 atom stereocenters. The number of fused-ring (bicyclic) bond motifs is 1. The highest BCUT2D eigenvalue weighted by atomic mass is 16.1. The van der Waals surface area contributed by atoms with Crippen molar-refractivity contribution in [3.8, 4) is 0 Å². The number of aryl methyl sites for hydroxylation is 1. The SMILES string of the molecule is Cc1cccc2c1[nH]c(=O)n2CC1CCN(C(C)C)CC1. The van der Waals surface area contributed by atoms with E-state index in [1.54, 1.807) is 0 Å². The van der Waals surface area contributed by atoms with Crippen LogP contribution in [0.3, 0.4) is 0 Å². The molecule has 1 aromatic carbocycles. The highest BCUT2D eigenvalue weighted by Crippen LogP contribution is 2.22. The van der Waals surface area contributed by atoms with Crippen LogP contribution in [0.2, 0.25) is 0 Å². The largest absolute Gasteiger partial charge is 0.326 e. The van der Waals surface area contributed by atoms with Crippen LogP contribution >= 0.6 is 0 Å². The van der Waals surface area contributed by atoms with Crippen molar-refractivity contribution in [3.05, 3.63) is 34.2 Å². The van der Waals surface area contributed by atoms with Gasteiger partial charge in [0, 0.05) is 12.6 Å². The summed E-state index contributed by atoms with van der Waals surface area (Å²) in [6, 6.07) is 6.75. The van der Waals surface area contributed by atoms with E-state index in [-0.39, 0.29) is 5.69 Å². The van der Waals surface area contributed by atoms with Crippen LogP contribution < -0.4 is 5.69 Å². The summed E-state index contributed by atoms with van der Waals surface area (Å²) in [5.74, 6) is 0.609. The molecule has 0 amide bonds. The van der Waals surface area contributed by atoms with E-state index in [4.69, 9.17) is 0 Å². The fourth-order valence-electron chi connectivity index (χ4n) is 3.42. The van der Waals surface area contributed by atoms with Gasteiger partial charge in [-0.2, -0.15) is 0 Å². The lowest BCUT2D eigenvalue weighted by atomic mass is 9.96. The Labute approximate surface area is 125 Å². The van der Waals surface area contributed by atoms with Gasteiger partial charge in [-0.3, -0.25) is 4.57 Å². The van der Waals surface area contributed by atoms with Gasteiger partial charge in [0.25, 0.3) is 0 Å². The standard InChI is InChI=1S/C17H25N3O/c1-12(2)19-9-7-14(8-10-19)11-20-15-6-4-5-13(3)16(15)18-17(20)21/h4-6,12,14H,7-11H2,1-3H3,(H,18,21). The first-order chi connectivity index (χ1) is 10.1. The Morgan fingerprint density at radius 3 is 2.67 bits per heavy atom. The Balaban J connectivity index is 1.79. The van der Waals surface area contributed by atoms with Crippen LogP contribution in [0.1, 0.15) is 32.3 Å². The highest BCUT2D eigenvalue weighted by molar-refractivity contribution is 5.78. The lowest BCUT2D eigenvalue weighted by Crippen LogP contribution is -2.39. The maximum Gasteiger partial charge on any atom is 0.326 e. The molecule has 1 fully saturated rings. The minimum Gasteiger partial charge on any atom is -0.305 e. The molecular weight excluding hydrogens is 262 g/mol. The van der Waals surface area contributed by atoms with E-state index < -0.39 is 0 Å². The van der Waals surface area contributed by atoms with Gasteiger partial charge in [-0.25, -0.2) is 4.79 Å². The molecule has 0 aliphatic carbocycles. The zero-order valence-electron chi connectivity index (χ0n) is 13.2. The Morgan fingerprint density at radius 2 is 2.00 bits per heavy atom. The number of likely N-dealkylation sites (tertiary alicyclic amines) is 1. The second-order valence-electron chi connectivity index (χ2n) is 6.58. The van der Waals surface area contributed by atoms with Crippen LogP contribution in [0.4, 0.5) is 0 Å². The second-order valence-corrected chi connectivity index (χ2v) is 6.58. The van der Waals surface area contributed by atoms with Crippen molar-refractivity contribution in [2.45, 2.75) is 46.2 Å². The Hall–Kier alpha value is -1.55. The molecule has 1 aromatic heterocycles. The van der Waals surface area contributed by atoms with E-state index in [0.29, 0.717) is 12.0 Å². The van der Waals surface area contributed by atoms with Crippen LogP contribution in [0.25, 0.3) is 11.0 Å². The molecule has 0 bridgehead atoms. The van der Waals surface area contributed by atoms with Crippen LogP contribution in [0.5, 0.6) is 0 Å². The fraction of sp³-hybridized carbons (Fsp3) is 0.588. The normalized spacial score (nSPS) is 17.9. The highest BCUT2D eigenvalue weighted by Gasteiger charge is 2.22. The third kappa shape index (κ3) is 2.77. The molecule has 0 spiro atoms. The van der Waals surface area contributed by atoms with Gasteiger partial charge in [-0.15, -0.1) is 0 Å². The first-order valence-corrected chi connectivity index (χ1v) is 7.98. The van der Waals surface area contributed by atoms with Gasteiger partial charge in [0.15, 0.2) is 0 Å². The van der Waals surface area contributed by atoms with Crippen molar-refractivity contribution in [2.75, 3.05) is 13.1 Å². The Bertz CT molecular complexity index is 675. The molecule has 0 unspecified atom stereocenters. The van der Waals surface area contributed by atoms with Gasteiger partial charge >= 0.3 is 5.69 Å². The lowest BCUT2D eigenvalue weighted by Gasteiger charge is -2.34. The van der Waals surface area contributed by atoms with Gasteiger partial charge in [-0.1, -0.05) is 12.1 Å². The summed E-state index contributed by atoms with van der Waals surface area (Å²) in [4.78, 5) is 17.8. The number of nitrogens with one attached hydrogen (secondary N) is 1. The van der Waals surface area contributed by atoms with E-state index in [2.05, 4.69) is 23.7 Å². The molecule has 3 rings (SSSR count). The van der Waals surface area contributed by atoms with E-state index in [1.165, 1.54) is 12.8 Å². The number of para-hydroxylation sites is 1. The average molecular weight is 287 g/mol. The topological polar surface area (TPSA) is 41.0 Å².